The molecule has 3 rings (SSSR count). The Morgan fingerprint density at radius 3 is 3.06 bits per heavy atom. The van der Waals surface area contributed by atoms with Crippen LogP contribution in [0.25, 0.3) is 0 Å². The molecule has 1 unspecified atom stereocenters. The maximum atomic E-state index is 12.5. The van der Waals surface area contributed by atoms with Crippen molar-refractivity contribution < 1.29 is 4.79 Å². The largest absolute Gasteiger partial charge is 0.293 e. The summed E-state index contributed by atoms with van der Waals surface area (Å²) in [4.78, 5) is 20.7. The molecule has 0 aliphatic heterocycles. The molecule has 1 aliphatic rings. The van der Waals surface area contributed by atoms with Crippen LogP contribution in [0.4, 0.5) is 0 Å². The summed E-state index contributed by atoms with van der Waals surface area (Å²) in [5, 5.41) is 0.409. The van der Waals surface area contributed by atoms with Crippen LogP contribution in [0, 0.1) is 0 Å². The van der Waals surface area contributed by atoms with Gasteiger partial charge in [-0.15, -0.1) is 0 Å². The minimum Gasteiger partial charge on any atom is -0.293 e. The maximum Gasteiger partial charge on any atom is 0.173 e. The Hall–Kier alpha value is -1.74. The zero-order valence-electron chi connectivity index (χ0n) is 9.64. The Balaban J connectivity index is 1.99. The summed E-state index contributed by atoms with van der Waals surface area (Å²) in [6.45, 7) is 0. The van der Waals surface area contributed by atoms with E-state index < -0.39 is 0 Å². The zero-order valence-corrected chi connectivity index (χ0v) is 10.4. The third kappa shape index (κ3) is 1.81. The predicted molar refractivity (Wildman–Crippen MR) is 68.9 cm³/mol. The van der Waals surface area contributed by atoms with E-state index in [1.165, 1.54) is 11.8 Å². The summed E-state index contributed by atoms with van der Waals surface area (Å²) in [7, 11) is 0. The van der Waals surface area contributed by atoms with E-state index in [2.05, 4.69) is 9.97 Å². The number of halogens is 1. The monoisotopic (exact) mass is 258 g/mol. The van der Waals surface area contributed by atoms with Crippen molar-refractivity contribution in [2.24, 2.45) is 0 Å². The van der Waals surface area contributed by atoms with E-state index >= 15 is 0 Å². The number of aromatic nitrogens is 2. The lowest BCUT2D eigenvalue weighted by Crippen LogP contribution is -2.12. The average molecular weight is 259 g/mol. The first kappa shape index (κ1) is 11.4. The molecule has 2 aromatic heterocycles. The van der Waals surface area contributed by atoms with E-state index in [-0.39, 0.29) is 11.7 Å². The Morgan fingerprint density at radius 2 is 2.22 bits per heavy atom. The smallest absolute Gasteiger partial charge is 0.173 e. The molecule has 2 aromatic rings. The molecule has 4 heteroatoms. The Kier molecular flexibility index (Phi) is 2.84. The lowest BCUT2D eigenvalue weighted by molar-refractivity contribution is 0.0958. The van der Waals surface area contributed by atoms with Gasteiger partial charge in [0.05, 0.1) is 16.6 Å². The quantitative estimate of drug-likeness (QED) is 0.778. The molecule has 0 N–H and O–H groups in total. The second-order valence-electron chi connectivity index (χ2n) is 4.36. The van der Waals surface area contributed by atoms with Gasteiger partial charge in [-0.1, -0.05) is 17.7 Å². The summed E-state index contributed by atoms with van der Waals surface area (Å²) >= 11 is 6.02. The van der Waals surface area contributed by atoms with Crippen molar-refractivity contribution in [1.82, 2.24) is 9.97 Å². The maximum absolute atomic E-state index is 12.5. The van der Waals surface area contributed by atoms with Crippen LogP contribution in [0.1, 0.15) is 34.0 Å². The number of hydrogen-bond donors (Lipinski definition) is 0. The van der Waals surface area contributed by atoms with Gasteiger partial charge in [0, 0.05) is 24.2 Å². The lowest BCUT2D eigenvalue weighted by Gasteiger charge is -2.10. The molecule has 0 saturated carbocycles. The molecule has 18 heavy (non-hydrogen) atoms. The van der Waals surface area contributed by atoms with Gasteiger partial charge in [-0.3, -0.25) is 14.8 Å². The fourth-order valence-electron chi connectivity index (χ4n) is 2.43. The highest BCUT2D eigenvalue weighted by atomic mass is 35.5. The fourth-order valence-corrected chi connectivity index (χ4v) is 2.64. The minimum atomic E-state index is -0.166. The average Bonchev–Trinajstić information content (AvgIpc) is 2.82. The molecule has 3 nitrogen and oxygen atoms in total. The zero-order chi connectivity index (χ0) is 12.5. The van der Waals surface area contributed by atoms with Crippen LogP contribution in [-0.2, 0) is 6.42 Å². The Labute approximate surface area is 110 Å². The van der Waals surface area contributed by atoms with Gasteiger partial charge in [0.15, 0.2) is 5.78 Å². The summed E-state index contributed by atoms with van der Waals surface area (Å²) in [5.41, 5.74) is 2.60. The number of ketones is 1. The number of carbonyl (C=O) groups is 1. The van der Waals surface area contributed by atoms with Crippen LogP contribution in [0.3, 0.4) is 0 Å². The van der Waals surface area contributed by atoms with Crippen LogP contribution in [0.15, 0.2) is 36.8 Å². The van der Waals surface area contributed by atoms with E-state index in [1.54, 1.807) is 18.5 Å². The Morgan fingerprint density at radius 1 is 1.33 bits per heavy atom. The molecule has 1 aliphatic carbocycles. The third-order valence-electron chi connectivity index (χ3n) is 3.31. The lowest BCUT2D eigenvalue weighted by atomic mass is 9.96. The highest BCUT2D eigenvalue weighted by molar-refractivity contribution is 6.34. The van der Waals surface area contributed by atoms with Gasteiger partial charge in [-0.25, -0.2) is 0 Å². The van der Waals surface area contributed by atoms with Gasteiger partial charge >= 0.3 is 0 Å². The number of carbonyl (C=O) groups excluding carboxylic acids is 1. The first-order valence-corrected chi connectivity index (χ1v) is 6.22. The molecule has 0 spiro atoms. The van der Waals surface area contributed by atoms with Crippen molar-refractivity contribution in [1.29, 1.82) is 0 Å². The number of hydrogen-bond acceptors (Lipinski definition) is 3. The van der Waals surface area contributed by atoms with Crippen LogP contribution in [0.2, 0.25) is 5.02 Å². The molecule has 90 valence electrons. The first-order chi connectivity index (χ1) is 8.77. The number of pyridine rings is 2. The van der Waals surface area contributed by atoms with Crippen LogP contribution >= 0.6 is 11.6 Å². The standard InChI is InChI=1S/C14H11ClN2O/c15-12-8-16-7-5-10(12)14(18)11-4-3-9-2-1-6-17-13(9)11/h1-2,5-8,11H,3-4H2. The number of rotatable bonds is 2. The molecule has 0 radical (unpaired) electrons. The van der Waals surface area contributed by atoms with E-state index in [9.17, 15) is 4.79 Å². The van der Waals surface area contributed by atoms with E-state index in [0.29, 0.717) is 10.6 Å². The molecule has 0 aromatic carbocycles. The van der Waals surface area contributed by atoms with Gasteiger partial charge in [-0.2, -0.15) is 0 Å². The van der Waals surface area contributed by atoms with Crippen molar-refractivity contribution >= 4 is 17.4 Å². The summed E-state index contributed by atoms with van der Waals surface area (Å²) < 4.78 is 0. The summed E-state index contributed by atoms with van der Waals surface area (Å²) in [6, 6.07) is 5.61. The first-order valence-electron chi connectivity index (χ1n) is 5.85. The predicted octanol–water partition coefficient (Wildman–Crippen LogP) is 3.04. The van der Waals surface area contributed by atoms with Crippen molar-refractivity contribution in [2.75, 3.05) is 0 Å². The Bertz CT molecular complexity index is 612. The van der Waals surface area contributed by atoms with Crippen molar-refractivity contribution in [3.8, 4) is 0 Å². The van der Waals surface area contributed by atoms with Gasteiger partial charge in [0.1, 0.15) is 0 Å². The van der Waals surface area contributed by atoms with Crippen LogP contribution in [0.5, 0.6) is 0 Å². The SMILES string of the molecule is O=C(c1ccncc1Cl)C1CCc2cccnc21. The highest BCUT2D eigenvalue weighted by Gasteiger charge is 2.31. The molecular formula is C14H11ClN2O. The molecule has 0 amide bonds. The third-order valence-corrected chi connectivity index (χ3v) is 3.61. The van der Waals surface area contributed by atoms with E-state index in [0.717, 1.165) is 18.5 Å². The van der Waals surface area contributed by atoms with Gasteiger partial charge in [0.2, 0.25) is 0 Å². The number of aryl methyl sites for hydroxylation is 1. The topological polar surface area (TPSA) is 42.9 Å². The second kappa shape index (κ2) is 4.50. The fraction of sp³-hybridized carbons (Fsp3) is 0.214. The second-order valence-corrected chi connectivity index (χ2v) is 4.77. The van der Waals surface area contributed by atoms with Crippen molar-refractivity contribution in [2.45, 2.75) is 18.8 Å². The normalized spacial score (nSPS) is 17.5. The van der Waals surface area contributed by atoms with E-state index in [4.69, 9.17) is 11.6 Å². The van der Waals surface area contributed by atoms with Gasteiger partial charge < -0.3 is 0 Å². The van der Waals surface area contributed by atoms with Gasteiger partial charge in [-0.05, 0) is 30.5 Å². The summed E-state index contributed by atoms with van der Waals surface area (Å²) in [5.74, 6) is -0.124. The van der Waals surface area contributed by atoms with Crippen molar-refractivity contribution in [3.05, 3.63) is 58.6 Å². The molecular weight excluding hydrogens is 248 g/mol. The molecule has 0 fully saturated rings. The molecule has 0 bridgehead atoms. The molecule has 0 saturated heterocycles. The van der Waals surface area contributed by atoms with E-state index in [1.807, 2.05) is 12.1 Å². The molecule has 2 heterocycles. The van der Waals surface area contributed by atoms with Gasteiger partial charge in [0.25, 0.3) is 0 Å². The highest BCUT2D eigenvalue weighted by Crippen LogP contribution is 2.34. The van der Waals surface area contributed by atoms with Crippen LogP contribution < -0.4 is 0 Å². The summed E-state index contributed by atoms with van der Waals surface area (Å²) in [6.07, 6.45) is 6.54. The number of Topliss-reactive ketones (excluding diaryl/α,β-unsaturated/α-hetero) is 1. The van der Waals surface area contributed by atoms with Crippen LogP contribution in [-0.4, -0.2) is 15.8 Å². The minimum absolute atomic E-state index is 0.0415. The molecule has 1 atom stereocenters. The van der Waals surface area contributed by atoms with Crippen molar-refractivity contribution in [3.63, 3.8) is 0 Å². The number of nitrogens with zero attached hydrogens (tertiary/aromatic N) is 2. The number of fused-ring (bicyclic) bond motifs is 1.